The van der Waals surface area contributed by atoms with Crippen LogP contribution in [0.1, 0.15) is 30.5 Å². The Kier molecular flexibility index (Phi) is 2.40. The first kappa shape index (κ1) is 7.69. The van der Waals surface area contributed by atoms with E-state index in [4.69, 9.17) is 5.73 Å². The molecule has 56 valence electrons. The average molecular weight is 156 g/mol. The van der Waals surface area contributed by atoms with Crippen LogP contribution in [0, 0.1) is 0 Å². The van der Waals surface area contributed by atoms with Crippen molar-refractivity contribution in [3.63, 3.8) is 0 Å². The number of thiazole rings is 1. The zero-order valence-corrected chi connectivity index (χ0v) is 7.11. The van der Waals surface area contributed by atoms with Crippen molar-refractivity contribution in [2.45, 2.75) is 26.3 Å². The minimum atomic E-state index is 0.533. The number of aromatic nitrogens is 1. The smallest absolute Gasteiger partial charge is 0.0954 e. The summed E-state index contributed by atoms with van der Waals surface area (Å²) in [5.74, 6) is 0.533. The van der Waals surface area contributed by atoms with Gasteiger partial charge in [-0.3, -0.25) is 0 Å². The maximum atomic E-state index is 5.41. The molecule has 0 aliphatic carbocycles. The number of nitrogens with zero attached hydrogens (tertiary/aromatic N) is 1. The number of rotatable bonds is 2. The molecule has 1 heterocycles. The first-order valence-corrected chi connectivity index (χ1v) is 4.26. The molecule has 0 fully saturated rings. The van der Waals surface area contributed by atoms with E-state index >= 15 is 0 Å². The largest absolute Gasteiger partial charge is 0.325 e. The highest BCUT2D eigenvalue weighted by molar-refractivity contribution is 7.09. The minimum absolute atomic E-state index is 0.533. The van der Waals surface area contributed by atoms with Gasteiger partial charge < -0.3 is 5.73 Å². The standard InChI is InChI=1S/C7H12N2S/c1-5(2)7-9-6(3-8)4-10-7/h4-5H,3,8H2,1-2H3. The normalized spacial score (nSPS) is 10.8. The van der Waals surface area contributed by atoms with Crippen LogP contribution in [0.15, 0.2) is 5.38 Å². The van der Waals surface area contributed by atoms with E-state index in [-0.39, 0.29) is 0 Å². The summed E-state index contributed by atoms with van der Waals surface area (Å²) in [5.41, 5.74) is 6.42. The molecular formula is C7H12N2S. The molecule has 0 bridgehead atoms. The van der Waals surface area contributed by atoms with Crippen LogP contribution in [0.3, 0.4) is 0 Å². The summed E-state index contributed by atoms with van der Waals surface area (Å²) in [4.78, 5) is 4.32. The lowest BCUT2D eigenvalue weighted by atomic mass is 10.2. The zero-order valence-electron chi connectivity index (χ0n) is 6.29. The van der Waals surface area contributed by atoms with Gasteiger partial charge in [0.25, 0.3) is 0 Å². The maximum Gasteiger partial charge on any atom is 0.0954 e. The fourth-order valence-corrected chi connectivity index (χ4v) is 1.53. The third-order valence-corrected chi connectivity index (χ3v) is 2.47. The van der Waals surface area contributed by atoms with E-state index in [0.29, 0.717) is 12.5 Å². The fraction of sp³-hybridized carbons (Fsp3) is 0.571. The van der Waals surface area contributed by atoms with E-state index < -0.39 is 0 Å². The van der Waals surface area contributed by atoms with E-state index in [1.807, 2.05) is 5.38 Å². The third-order valence-electron chi connectivity index (χ3n) is 1.27. The first-order valence-electron chi connectivity index (χ1n) is 3.38. The molecule has 0 unspecified atom stereocenters. The molecule has 2 N–H and O–H groups in total. The summed E-state index contributed by atoms with van der Waals surface area (Å²) in [6.45, 7) is 4.83. The predicted octanol–water partition coefficient (Wildman–Crippen LogP) is 1.73. The van der Waals surface area contributed by atoms with Gasteiger partial charge >= 0.3 is 0 Å². The summed E-state index contributed by atoms with van der Waals surface area (Å²) in [7, 11) is 0. The van der Waals surface area contributed by atoms with Gasteiger partial charge in [-0.25, -0.2) is 4.98 Å². The molecule has 0 atom stereocenters. The maximum absolute atomic E-state index is 5.41. The summed E-state index contributed by atoms with van der Waals surface area (Å²) in [5, 5.41) is 3.20. The SMILES string of the molecule is CC(C)c1nc(CN)cs1. The van der Waals surface area contributed by atoms with Crippen molar-refractivity contribution < 1.29 is 0 Å². The van der Waals surface area contributed by atoms with Crippen LogP contribution in [0.2, 0.25) is 0 Å². The van der Waals surface area contributed by atoms with E-state index in [2.05, 4.69) is 18.8 Å². The second kappa shape index (κ2) is 3.12. The Morgan fingerprint density at radius 1 is 1.70 bits per heavy atom. The molecule has 2 nitrogen and oxygen atoms in total. The van der Waals surface area contributed by atoms with Gasteiger partial charge in [-0.05, 0) is 0 Å². The van der Waals surface area contributed by atoms with E-state index in [1.54, 1.807) is 11.3 Å². The Hall–Kier alpha value is -0.410. The molecule has 0 aliphatic heterocycles. The molecule has 0 radical (unpaired) electrons. The van der Waals surface area contributed by atoms with Crippen LogP contribution in [0.25, 0.3) is 0 Å². The van der Waals surface area contributed by atoms with E-state index in [9.17, 15) is 0 Å². The average Bonchev–Trinajstić information content (AvgIpc) is 2.34. The highest BCUT2D eigenvalue weighted by Gasteiger charge is 2.03. The summed E-state index contributed by atoms with van der Waals surface area (Å²) < 4.78 is 0. The van der Waals surface area contributed by atoms with Crippen molar-refractivity contribution in [1.29, 1.82) is 0 Å². The number of nitrogens with two attached hydrogens (primary N) is 1. The summed E-state index contributed by atoms with van der Waals surface area (Å²) >= 11 is 1.69. The number of hydrogen-bond donors (Lipinski definition) is 1. The minimum Gasteiger partial charge on any atom is -0.325 e. The second-order valence-corrected chi connectivity index (χ2v) is 3.43. The Morgan fingerprint density at radius 2 is 2.40 bits per heavy atom. The first-order chi connectivity index (χ1) is 4.74. The van der Waals surface area contributed by atoms with Crippen LogP contribution in [0.4, 0.5) is 0 Å². The van der Waals surface area contributed by atoms with Crippen molar-refractivity contribution in [2.24, 2.45) is 5.73 Å². The van der Waals surface area contributed by atoms with Crippen LogP contribution in [0.5, 0.6) is 0 Å². The molecular weight excluding hydrogens is 144 g/mol. The van der Waals surface area contributed by atoms with Crippen molar-refractivity contribution in [1.82, 2.24) is 4.98 Å². The Labute approximate surface area is 65.1 Å². The fourth-order valence-electron chi connectivity index (χ4n) is 0.682. The van der Waals surface area contributed by atoms with E-state index in [1.165, 1.54) is 5.01 Å². The third kappa shape index (κ3) is 1.55. The topological polar surface area (TPSA) is 38.9 Å². The van der Waals surface area contributed by atoms with Gasteiger partial charge in [-0.1, -0.05) is 13.8 Å². The van der Waals surface area contributed by atoms with Gasteiger partial charge in [0.1, 0.15) is 0 Å². The molecule has 10 heavy (non-hydrogen) atoms. The molecule has 0 aromatic carbocycles. The predicted molar refractivity (Wildman–Crippen MR) is 44.1 cm³/mol. The van der Waals surface area contributed by atoms with Gasteiger partial charge in [-0.15, -0.1) is 11.3 Å². The van der Waals surface area contributed by atoms with Gasteiger partial charge in [0.2, 0.25) is 0 Å². The van der Waals surface area contributed by atoms with Crippen molar-refractivity contribution in [3.05, 3.63) is 16.1 Å². The molecule has 0 spiro atoms. The molecule has 1 rings (SSSR count). The van der Waals surface area contributed by atoms with Crippen LogP contribution in [-0.4, -0.2) is 4.98 Å². The molecule has 0 saturated heterocycles. The van der Waals surface area contributed by atoms with Crippen molar-refractivity contribution in [3.8, 4) is 0 Å². The molecule has 1 aromatic rings. The second-order valence-electron chi connectivity index (χ2n) is 2.54. The van der Waals surface area contributed by atoms with Gasteiger partial charge in [0.05, 0.1) is 10.7 Å². The highest BCUT2D eigenvalue weighted by atomic mass is 32.1. The van der Waals surface area contributed by atoms with Gasteiger partial charge in [-0.2, -0.15) is 0 Å². The lowest BCUT2D eigenvalue weighted by Gasteiger charge is -1.95. The molecule has 0 amide bonds. The Morgan fingerprint density at radius 3 is 2.70 bits per heavy atom. The Balaban J connectivity index is 2.78. The molecule has 0 saturated carbocycles. The highest BCUT2D eigenvalue weighted by Crippen LogP contribution is 2.18. The van der Waals surface area contributed by atoms with Crippen molar-refractivity contribution >= 4 is 11.3 Å². The summed E-state index contributed by atoms with van der Waals surface area (Å²) in [6.07, 6.45) is 0. The van der Waals surface area contributed by atoms with E-state index in [0.717, 1.165) is 5.69 Å². The monoisotopic (exact) mass is 156 g/mol. The van der Waals surface area contributed by atoms with Gasteiger partial charge in [0, 0.05) is 17.8 Å². The van der Waals surface area contributed by atoms with Crippen LogP contribution < -0.4 is 5.73 Å². The summed E-state index contributed by atoms with van der Waals surface area (Å²) in [6, 6.07) is 0. The molecule has 1 aromatic heterocycles. The lowest BCUT2D eigenvalue weighted by molar-refractivity contribution is 0.837. The van der Waals surface area contributed by atoms with Crippen LogP contribution in [-0.2, 0) is 6.54 Å². The molecule has 3 heteroatoms. The lowest BCUT2D eigenvalue weighted by Crippen LogP contribution is -1.96. The quantitative estimate of drug-likeness (QED) is 0.708. The van der Waals surface area contributed by atoms with Crippen LogP contribution >= 0.6 is 11.3 Å². The van der Waals surface area contributed by atoms with Crippen molar-refractivity contribution in [2.75, 3.05) is 0 Å². The Bertz CT molecular complexity index is 205. The van der Waals surface area contributed by atoms with Gasteiger partial charge in [0.15, 0.2) is 0 Å². The zero-order chi connectivity index (χ0) is 7.56. The molecule has 0 aliphatic rings. The number of hydrogen-bond acceptors (Lipinski definition) is 3.